The second kappa shape index (κ2) is 7.76. The Kier molecular flexibility index (Phi) is 5.40. The molecule has 1 saturated heterocycles. The number of thioether (sulfide) groups is 1. The van der Waals surface area contributed by atoms with Gasteiger partial charge in [0, 0.05) is 41.4 Å². The highest BCUT2D eigenvalue weighted by atomic mass is 32.2. The zero-order valence-electron chi connectivity index (χ0n) is 14.5. The maximum absolute atomic E-state index is 12.9. The predicted octanol–water partition coefficient (Wildman–Crippen LogP) is 0.642. The van der Waals surface area contributed by atoms with Gasteiger partial charge in [-0.25, -0.2) is 4.79 Å². The molecule has 2 atom stereocenters. The van der Waals surface area contributed by atoms with Crippen LogP contribution < -0.4 is 11.1 Å². The lowest BCUT2D eigenvalue weighted by Gasteiger charge is -2.26. The monoisotopic (exact) mass is 407 g/mol. The maximum Gasteiger partial charge on any atom is 0.405 e. The summed E-state index contributed by atoms with van der Waals surface area (Å²) in [6.45, 7) is 0. The van der Waals surface area contributed by atoms with E-state index < -0.39 is 34.9 Å². The Morgan fingerprint density at radius 2 is 2.21 bits per heavy atom. The van der Waals surface area contributed by atoms with Gasteiger partial charge in [0.25, 0.3) is 5.69 Å². The molecular formula is C16H17N5O6S. The number of non-ortho nitro benzene ring substituents is 1. The lowest BCUT2D eigenvalue weighted by molar-refractivity contribution is -0.384. The normalized spacial score (nSPS) is 17.4. The van der Waals surface area contributed by atoms with Crippen LogP contribution >= 0.6 is 11.8 Å². The van der Waals surface area contributed by atoms with E-state index in [1.807, 2.05) is 0 Å². The Bertz CT molecular complexity index is 960. The number of fused-ring (bicyclic) bond motifs is 1. The van der Waals surface area contributed by atoms with Crippen LogP contribution in [0.5, 0.6) is 0 Å². The molecule has 2 unspecified atom stereocenters. The molecule has 2 heterocycles. The van der Waals surface area contributed by atoms with Crippen molar-refractivity contribution in [1.82, 2.24) is 15.2 Å². The standard InChI is InChI=1S/C16H17N5O6S/c17-14(22)13-6-28-7-20(13)15(23)12(19-16(24)25)3-8-5-18-11-2-1-9(21(26)27)4-10(8)11/h1-2,4-5,12-13,18-19H,3,6-7H2,(H2,17,22)(H,24,25). The number of carbonyl (C=O) groups excluding carboxylic acids is 2. The van der Waals surface area contributed by atoms with Crippen LogP contribution in [-0.2, 0) is 16.0 Å². The molecule has 12 heteroatoms. The average Bonchev–Trinajstić information content (AvgIpc) is 3.27. The van der Waals surface area contributed by atoms with Crippen LogP contribution in [0.3, 0.4) is 0 Å². The molecule has 148 valence electrons. The molecule has 2 aromatic rings. The van der Waals surface area contributed by atoms with Gasteiger partial charge in [-0.05, 0) is 11.6 Å². The summed E-state index contributed by atoms with van der Waals surface area (Å²) in [5, 5.41) is 22.8. The Labute approximate surface area is 162 Å². The number of nitrogens with two attached hydrogens (primary N) is 1. The lowest BCUT2D eigenvalue weighted by Crippen LogP contribution is -2.53. The topological polar surface area (TPSA) is 172 Å². The van der Waals surface area contributed by atoms with Gasteiger partial charge in [-0.3, -0.25) is 19.7 Å². The van der Waals surface area contributed by atoms with E-state index in [-0.39, 0.29) is 18.0 Å². The van der Waals surface area contributed by atoms with Gasteiger partial charge in [0.15, 0.2) is 0 Å². The van der Waals surface area contributed by atoms with Gasteiger partial charge in [-0.2, -0.15) is 0 Å². The highest BCUT2D eigenvalue weighted by Crippen LogP contribution is 2.26. The first kappa shape index (κ1) is 19.5. The molecule has 28 heavy (non-hydrogen) atoms. The van der Waals surface area contributed by atoms with E-state index in [9.17, 15) is 24.5 Å². The van der Waals surface area contributed by atoms with Crippen LogP contribution in [0, 0.1) is 10.1 Å². The first-order valence-corrected chi connectivity index (χ1v) is 9.34. The fourth-order valence-electron chi connectivity index (χ4n) is 3.11. The van der Waals surface area contributed by atoms with E-state index in [0.717, 1.165) is 0 Å². The van der Waals surface area contributed by atoms with Crippen LogP contribution in [-0.4, -0.2) is 61.5 Å². The summed E-state index contributed by atoms with van der Waals surface area (Å²) < 4.78 is 0. The number of aromatic nitrogens is 1. The number of rotatable bonds is 6. The molecule has 1 aromatic heterocycles. The third kappa shape index (κ3) is 3.86. The molecular weight excluding hydrogens is 390 g/mol. The molecule has 0 aliphatic carbocycles. The number of nitrogens with zero attached hydrogens (tertiary/aromatic N) is 2. The van der Waals surface area contributed by atoms with Crippen molar-refractivity contribution in [3.05, 3.63) is 40.1 Å². The molecule has 0 saturated carbocycles. The number of amides is 3. The second-order valence-corrected chi connectivity index (χ2v) is 7.23. The average molecular weight is 407 g/mol. The third-order valence-corrected chi connectivity index (χ3v) is 5.49. The van der Waals surface area contributed by atoms with Gasteiger partial charge in [0.2, 0.25) is 11.8 Å². The minimum absolute atomic E-state index is 0.0427. The molecule has 0 spiro atoms. The van der Waals surface area contributed by atoms with Crippen molar-refractivity contribution in [2.24, 2.45) is 5.73 Å². The highest BCUT2D eigenvalue weighted by molar-refractivity contribution is 7.99. The number of H-pyrrole nitrogens is 1. The third-order valence-electron chi connectivity index (χ3n) is 4.48. The number of aromatic amines is 1. The quantitative estimate of drug-likeness (QED) is 0.402. The molecule has 3 amide bonds. The summed E-state index contributed by atoms with van der Waals surface area (Å²) in [6.07, 6.45) is 0.133. The van der Waals surface area contributed by atoms with Crippen molar-refractivity contribution in [3.63, 3.8) is 0 Å². The van der Waals surface area contributed by atoms with E-state index in [1.54, 1.807) is 12.3 Å². The first-order chi connectivity index (χ1) is 13.3. The smallest absolute Gasteiger partial charge is 0.405 e. The molecule has 1 fully saturated rings. The van der Waals surface area contributed by atoms with E-state index >= 15 is 0 Å². The number of carboxylic acid groups (broad SMARTS) is 1. The molecule has 3 rings (SSSR count). The van der Waals surface area contributed by atoms with Crippen LogP contribution in [0.1, 0.15) is 5.56 Å². The highest BCUT2D eigenvalue weighted by Gasteiger charge is 2.37. The maximum atomic E-state index is 12.9. The zero-order chi connectivity index (χ0) is 20.4. The van der Waals surface area contributed by atoms with Gasteiger partial charge in [0.05, 0.1) is 10.8 Å². The Hall–Kier alpha value is -3.28. The summed E-state index contributed by atoms with van der Waals surface area (Å²) >= 11 is 1.35. The minimum atomic E-state index is -1.40. The Morgan fingerprint density at radius 3 is 2.86 bits per heavy atom. The lowest BCUT2D eigenvalue weighted by atomic mass is 10.0. The van der Waals surface area contributed by atoms with Crippen LogP contribution in [0.2, 0.25) is 0 Å². The van der Waals surface area contributed by atoms with Crippen molar-refractivity contribution in [2.45, 2.75) is 18.5 Å². The predicted molar refractivity (Wildman–Crippen MR) is 101 cm³/mol. The van der Waals surface area contributed by atoms with Crippen molar-refractivity contribution in [2.75, 3.05) is 11.6 Å². The number of hydrogen-bond donors (Lipinski definition) is 4. The number of nitro groups is 1. The van der Waals surface area contributed by atoms with Gasteiger partial charge >= 0.3 is 6.09 Å². The fraction of sp³-hybridized carbons (Fsp3) is 0.312. The number of carbonyl (C=O) groups is 3. The molecule has 1 aromatic carbocycles. The van der Waals surface area contributed by atoms with Crippen molar-refractivity contribution < 1.29 is 24.4 Å². The van der Waals surface area contributed by atoms with Gasteiger partial charge in [-0.15, -0.1) is 11.8 Å². The van der Waals surface area contributed by atoms with Gasteiger partial charge in [-0.1, -0.05) is 0 Å². The summed E-state index contributed by atoms with van der Waals surface area (Å²) in [5.74, 6) is -0.657. The molecule has 1 aliphatic rings. The minimum Gasteiger partial charge on any atom is -0.465 e. The fourth-order valence-corrected chi connectivity index (χ4v) is 4.29. The Morgan fingerprint density at radius 1 is 1.46 bits per heavy atom. The van der Waals surface area contributed by atoms with Crippen molar-refractivity contribution in [3.8, 4) is 0 Å². The van der Waals surface area contributed by atoms with E-state index in [2.05, 4.69) is 10.3 Å². The van der Waals surface area contributed by atoms with Crippen LogP contribution in [0.4, 0.5) is 10.5 Å². The molecule has 1 aliphatic heterocycles. The van der Waals surface area contributed by atoms with Gasteiger partial charge in [0.1, 0.15) is 12.1 Å². The van der Waals surface area contributed by atoms with Crippen molar-refractivity contribution >= 4 is 46.3 Å². The second-order valence-electron chi connectivity index (χ2n) is 6.23. The number of primary amides is 1. The summed E-state index contributed by atoms with van der Waals surface area (Å²) in [6, 6.07) is 2.27. The summed E-state index contributed by atoms with van der Waals surface area (Å²) in [5.41, 5.74) is 6.37. The van der Waals surface area contributed by atoms with E-state index in [4.69, 9.17) is 10.8 Å². The molecule has 0 bridgehead atoms. The SMILES string of the molecule is NC(=O)C1CSCN1C(=O)C(Cc1c[nH]c2ccc([N+](=O)[O-])cc12)NC(=O)O. The molecule has 5 N–H and O–H groups in total. The summed E-state index contributed by atoms with van der Waals surface area (Å²) in [7, 11) is 0. The molecule has 0 radical (unpaired) electrons. The zero-order valence-corrected chi connectivity index (χ0v) is 15.3. The Balaban J connectivity index is 1.91. The number of nitro benzene ring substituents is 1. The van der Waals surface area contributed by atoms with E-state index in [0.29, 0.717) is 22.2 Å². The first-order valence-electron chi connectivity index (χ1n) is 8.19. The number of hydrogen-bond acceptors (Lipinski definition) is 6. The van der Waals surface area contributed by atoms with Gasteiger partial charge < -0.3 is 26.0 Å². The summed E-state index contributed by atoms with van der Waals surface area (Å²) in [4.78, 5) is 50.4. The molecule has 11 nitrogen and oxygen atoms in total. The van der Waals surface area contributed by atoms with Crippen molar-refractivity contribution in [1.29, 1.82) is 0 Å². The van der Waals surface area contributed by atoms with Crippen LogP contribution in [0.25, 0.3) is 10.9 Å². The van der Waals surface area contributed by atoms with Crippen LogP contribution in [0.15, 0.2) is 24.4 Å². The largest absolute Gasteiger partial charge is 0.465 e. The number of nitrogens with one attached hydrogen (secondary N) is 2. The number of benzene rings is 1. The van der Waals surface area contributed by atoms with E-state index in [1.165, 1.54) is 28.8 Å².